The van der Waals surface area contributed by atoms with Gasteiger partial charge in [0.15, 0.2) is 0 Å². The average molecular weight is 508 g/mol. The number of anilines is 3. The van der Waals surface area contributed by atoms with Gasteiger partial charge in [0.05, 0.1) is 21.9 Å². The molecule has 2 aliphatic heterocycles. The number of rotatable bonds is 1. The first kappa shape index (κ1) is 20.7. The summed E-state index contributed by atoms with van der Waals surface area (Å²) in [6.07, 6.45) is 0. The van der Waals surface area contributed by atoms with Crippen LogP contribution in [0.2, 0.25) is 0 Å². The fourth-order valence-corrected chi connectivity index (χ4v) is 7.44. The second-order valence-corrected chi connectivity index (χ2v) is 10.9. The van der Waals surface area contributed by atoms with Gasteiger partial charge in [-0.2, -0.15) is 0 Å². The van der Waals surface area contributed by atoms with E-state index in [4.69, 9.17) is 4.74 Å². The Kier molecular flexibility index (Phi) is 3.75. The molecule has 0 saturated heterocycles. The minimum Gasteiger partial charge on any atom is -0.458 e. The predicted molar refractivity (Wildman–Crippen MR) is 167 cm³/mol. The zero-order chi connectivity index (χ0) is 25.9. The molecule has 0 N–H and O–H groups in total. The molecular formula is C36H21BN2O. The first-order valence-electron chi connectivity index (χ1n) is 13.8. The maximum atomic E-state index is 6.97. The molecule has 0 bridgehead atoms. The highest BCUT2D eigenvalue weighted by molar-refractivity contribution is 6.99. The van der Waals surface area contributed by atoms with Gasteiger partial charge in [0.1, 0.15) is 11.5 Å². The highest BCUT2D eigenvalue weighted by Crippen LogP contribution is 2.48. The Morgan fingerprint density at radius 1 is 0.550 bits per heavy atom. The van der Waals surface area contributed by atoms with Gasteiger partial charge in [-0.15, -0.1) is 0 Å². The van der Waals surface area contributed by atoms with E-state index in [1.807, 2.05) is 0 Å². The number of aromatic nitrogens is 1. The van der Waals surface area contributed by atoms with Crippen molar-refractivity contribution < 1.29 is 4.74 Å². The second-order valence-electron chi connectivity index (χ2n) is 10.9. The maximum absolute atomic E-state index is 6.97. The Hall–Kier alpha value is -5.22. The first-order chi connectivity index (χ1) is 19.9. The normalized spacial score (nSPS) is 13.6. The molecule has 0 unspecified atom stereocenters. The van der Waals surface area contributed by atoms with Crippen molar-refractivity contribution in [3.63, 3.8) is 0 Å². The van der Waals surface area contributed by atoms with Gasteiger partial charge < -0.3 is 14.0 Å². The van der Waals surface area contributed by atoms with Crippen molar-refractivity contribution in [2.45, 2.75) is 0 Å². The highest BCUT2D eigenvalue weighted by Gasteiger charge is 2.43. The Labute approximate surface area is 230 Å². The molecule has 6 aromatic carbocycles. The minimum atomic E-state index is 0.0901. The van der Waals surface area contributed by atoms with Crippen LogP contribution in [0.3, 0.4) is 0 Å². The highest BCUT2D eigenvalue weighted by atomic mass is 16.5. The quantitative estimate of drug-likeness (QED) is 0.218. The van der Waals surface area contributed by atoms with Crippen molar-refractivity contribution in [1.82, 2.24) is 4.40 Å². The fourth-order valence-electron chi connectivity index (χ4n) is 7.44. The van der Waals surface area contributed by atoms with Crippen LogP contribution in [0.15, 0.2) is 127 Å². The van der Waals surface area contributed by atoms with Gasteiger partial charge in [-0.1, -0.05) is 91.0 Å². The van der Waals surface area contributed by atoms with Gasteiger partial charge in [0, 0.05) is 33.2 Å². The predicted octanol–water partition coefficient (Wildman–Crippen LogP) is 7.24. The monoisotopic (exact) mass is 508 g/mol. The summed E-state index contributed by atoms with van der Waals surface area (Å²) in [5.41, 5.74) is 11.0. The van der Waals surface area contributed by atoms with Crippen molar-refractivity contribution in [2.24, 2.45) is 0 Å². The van der Waals surface area contributed by atoms with Gasteiger partial charge in [-0.25, -0.2) is 0 Å². The van der Waals surface area contributed by atoms with E-state index in [1.165, 1.54) is 65.9 Å². The molecule has 184 valence electrons. The molecule has 0 aliphatic carbocycles. The molecule has 3 nitrogen and oxygen atoms in total. The van der Waals surface area contributed by atoms with E-state index in [0.29, 0.717) is 0 Å². The lowest BCUT2D eigenvalue weighted by molar-refractivity contribution is 0.493. The summed E-state index contributed by atoms with van der Waals surface area (Å²) < 4.78 is 9.42. The Morgan fingerprint density at radius 2 is 1.27 bits per heavy atom. The lowest BCUT2D eigenvalue weighted by Gasteiger charge is -2.40. The molecule has 4 heteroatoms. The van der Waals surface area contributed by atoms with Crippen LogP contribution in [-0.2, 0) is 0 Å². The van der Waals surface area contributed by atoms with Crippen molar-refractivity contribution in [1.29, 1.82) is 0 Å². The minimum absolute atomic E-state index is 0.0901. The third kappa shape index (κ3) is 2.39. The summed E-state index contributed by atoms with van der Waals surface area (Å²) in [6.45, 7) is 0.0901. The van der Waals surface area contributed by atoms with Crippen molar-refractivity contribution >= 4 is 78.3 Å². The molecular weight excluding hydrogens is 487 g/mol. The summed E-state index contributed by atoms with van der Waals surface area (Å²) in [7, 11) is 0. The van der Waals surface area contributed by atoms with E-state index in [1.54, 1.807) is 0 Å². The van der Waals surface area contributed by atoms with Crippen LogP contribution in [0.5, 0.6) is 11.5 Å². The van der Waals surface area contributed by atoms with E-state index >= 15 is 0 Å². The van der Waals surface area contributed by atoms with Crippen LogP contribution in [0.25, 0.3) is 38.1 Å². The van der Waals surface area contributed by atoms with E-state index in [2.05, 4.69) is 137 Å². The molecule has 0 amide bonds. The Balaban J connectivity index is 1.45. The van der Waals surface area contributed by atoms with Crippen molar-refractivity contribution in [2.75, 3.05) is 4.90 Å². The number of para-hydroxylation sites is 5. The summed E-state index contributed by atoms with van der Waals surface area (Å²) in [6, 6.07) is 46.0. The van der Waals surface area contributed by atoms with Gasteiger partial charge in [-0.3, -0.25) is 0 Å². The zero-order valence-electron chi connectivity index (χ0n) is 21.5. The molecule has 40 heavy (non-hydrogen) atoms. The number of hydrogen-bond acceptors (Lipinski definition) is 2. The number of hydrogen-bond donors (Lipinski definition) is 0. The molecule has 10 rings (SSSR count). The largest absolute Gasteiger partial charge is 0.458 e. The van der Waals surface area contributed by atoms with Crippen LogP contribution in [0.4, 0.5) is 17.1 Å². The van der Waals surface area contributed by atoms with Crippen molar-refractivity contribution in [3.8, 4) is 11.5 Å². The summed E-state index contributed by atoms with van der Waals surface area (Å²) in [4.78, 5) is 2.42. The third-order valence-electron chi connectivity index (χ3n) is 8.96. The Morgan fingerprint density at radius 3 is 2.20 bits per heavy atom. The molecule has 0 atom stereocenters. The number of fused-ring (bicyclic) bond motifs is 11. The molecule has 0 fully saturated rings. The molecule has 4 heterocycles. The van der Waals surface area contributed by atoms with Gasteiger partial charge >= 0.3 is 0 Å². The first-order valence-corrected chi connectivity index (χ1v) is 13.8. The van der Waals surface area contributed by atoms with E-state index in [9.17, 15) is 0 Å². The smallest absolute Gasteiger partial charge is 0.256 e. The SMILES string of the molecule is c1ccc(N2c3ccccc3B3c4ccccc4Oc4c3c2cc2c4c3cccc4c5ccccc5n2c43)cc1. The fraction of sp³-hybridized carbons (Fsp3) is 0. The second kappa shape index (κ2) is 7.25. The van der Waals surface area contributed by atoms with Gasteiger partial charge in [0.25, 0.3) is 6.71 Å². The maximum Gasteiger partial charge on any atom is 0.256 e. The average Bonchev–Trinajstić information content (AvgIpc) is 3.54. The van der Waals surface area contributed by atoms with E-state index in [-0.39, 0.29) is 6.71 Å². The van der Waals surface area contributed by atoms with Crippen molar-refractivity contribution in [3.05, 3.63) is 127 Å². The number of nitrogens with zero attached hydrogens (tertiary/aromatic N) is 2. The van der Waals surface area contributed by atoms with Gasteiger partial charge in [-0.05, 0) is 52.8 Å². The molecule has 0 spiro atoms. The van der Waals surface area contributed by atoms with Gasteiger partial charge in [0.2, 0.25) is 0 Å². The molecule has 0 radical (unpaired) electrons. The number of benzene rings is 6. The zero-order valence-corrected chi connectivity index (χ0v) is 21.5. The third-order valence-corrected chi connectivity index (χ3v) is 8.96. The molecule has 0 saturated carbocycles. The Bertz CT molecular complexity index is 2320. The van der Waals surface area contributed by atoms with Crippen LogP contribution >= 0.6 is 0 Å². The topological polar surface area (TPSA) is 16.9 Å². The lowest BCUT2D eigenvalue weighted by Crippen LogP contribution is -2.59. The summed E-state index contributed by atoms with van der Waals surface area (Å²) >= 11 is 0. The molecule has 2 aromatic heterocycles. The molecule has 8 aromatic rings. The summed E-state index contributed by atoms with van der Waals surface area (Å²) in [5.74, 6) is 1.92. The summed E-state index contributed by atoms with van der Waals surface area (Å²) in [5, 5.41) is 5.00. The van der Waals surface area contributed by atoms with Crippen LogP contribution in [0.1, 0.15) is 0 Å². The van der Waals surface area contributed by atoms with Crippen LogP contribution < -0.4 is 26.0 Å². The number of ether oxygens (including phenoxy) is 1. The lowest BCUT2D eigenvalue weighted by atomic mass is 9.34. The van der Waals surface area contributed by atoms with Crippen LogP contribution in [-0.4, -0.2) is 11.1 Å². The standard InChI is InChI=1S/C36H21BN2O/c1-2-11-22(12-3-1)38-29-19-8-5-16-26(29)37-27-17-6-9-20-32(27)40-36-33-25-15-10-14-24-23-13-4-7-18-28(23)39(35(24)25)30(33)21-31(38)34(36)37/h1-21H. The van der Waals surface area contributed by atoms with E-state index in [0.717, 1.165) is 17.2 Å². The molecule has 2 aliphatic rings. The van der Waals surface area contributed by atoms with E-state index < -0.39 is 0 Å². The van der Waals surface area contributed by atoms with Crippen LogP contribution in [0, 0.1) is 0 Å².